The third-order valence-corrected chi connectivity index (χ3v) is 4.15. The normalized spacial score (nSPS) is 21.9. The maximum Gasteiger partial charge on any atom is 0.326 e. The molecular formula is C11H12N2O6S. The number of thiophene rings is 1. The smallest absolute Gasteiger partial charge is 0.326 e. The van der Waals surface area contributed by atoms with Crippen molar-refractivity contribution in [1.29, 1.82) is 0 Å². The Labute approximate surface area is 117 Å². The van der Waals surface area contributed by atoms with Gasteiger partial charge in [0.2, 0.25) is 0 Å². The monoisotopic (exact) mass is 300 g/mol. The Hall–Kier alpha value is -2.00. The molecule has 8 nitrogen and oxygen atoms in total. The minimum Gasteiger partial charge on any atom is -0.480 e. The van der Waals surface area contributed by atoms with Crippen LogP contribution in [0.2, 0.25) is 0 Å². The average Bonchev–Trinajstić information content (AvgIpc) is 3.04. The maximum atomic E-state index is 12.3. The molecule has 2 heterocycles. The fourth-order valence-electron chi connectivity index (χ4n) is 2.11. The van der Waals surface area contributed by atoms with Gasteiger partial charge in [-0.25, -0.2) is 4.79 Å². The SMILES string of the molecule is COC1CC(C(=O)O)N(C(=O)c2ccc([N+](=O)[O-])s2)C1. The molecule has 20 heavy (non-hydrogen) atoms. The highest BCUT2D eigenvalue weighted by Crippen LogP contribution is 2.28. The van der Waals surface area contributed by atoms with Crippen LogP contribution in [0.1, 0.15) is 16.1 Å². The van der Waals surface area contributed by atoms with Gasteiger partial charge in [-0.15, -0.1) is 0 Å². The fourth-order valence-corrected chi connectivity index (χ4v) is 2.89. The molecule has 1 aromatic heterocycles. The summed E-state index contributed by atoms with van der Waals surface area (Å²) in [5.41, 5.74) is 0. The lowest BCUT2D eigenvalue weighted by molar-refractivity contribution is -0.380. The van der Waals surface area contributed by atoms with Gasteiger partial charge in [-0.1, -0.05) is 11.3 Å². The second-order valence-corrected chi connectivity index (χ2v) is 5.36. The molecule has 108 valence electrons. The lowest BCUT2D eigenvalue weighted by Crippen LogP contribution is -2.40. The zero-order valence-corrected chi connectivity index (χ0v) is 11.3. The quantitative estimate of drug-likeness (QED) is 0.655. The van der Waals surface area contributed by atoms with E-state index < -0.39 is 22.8 Å². The lowest BCUT2D eigenvalue weighted by Gasteiger charge is -2.20. The van der Waals surface area contributed by atoms with Crippen molar-refractivity contribution in [1.82, 2.24) is 4.90 Å². The second-order valence-electron chi connectivity index (χ2n) is 4.30. The molecule has 0 spiro atoms. The van der Waals surface area contributed by atoms with E-state index in [0.29, 0.717) is 0 Å². The Balaban J connectivity index is 2.21. The Kier molecular flexibility index (Phi) is 4.00. The zero-order valence-electron chi connectivity index (χ0n) is 10.5. The largest absolute Gasteiger partial charge is 0.480 e. The molecule has 0 saturated carbocycles. The summed E-state index contributed by atoms with van der Waals surface area (Å²) in [6.07, 6.45) is -0.125. The molecule has 1 aliphatic rings. The molecule has 2 unspecified atom stereocenters. The van der Waals surface area contributed by atoms with Crippen LogP contribution in [-0.2, 0) is 9.53 Å². The number of nitro groups is 1. The number of carbonyl (C=O) groups is 2. The molecule has 1 N–H and O–H groups in total. The fraction of sp³-hybridized carbons (Fsp3) is 0.455. The van der Waals surface area contributed by atoms with E-state index in [0.717, 1.165) is 11.3 Å². The Bertz CT molecular complexity index is 557. The molecule has 9 heteroatoms. The number of ether oxygens (including phenoxy) is 1. The molecule has 2 atom stereocenters. The van der Waals surface area contributed by atoms with Gasteiger partial charge < -0.3 is 14.7 Å². The van der Waals surface area contributed by atoms with Crippen molar-refractivity contribution in [3.8, 4) is 0 Å². The minimum atomic E-state index is -1.11. The molecule has 0 aromatic carbocycles. The predicted molar refractivity (Wildman–Crippen MR) is 68.8 cm³/mol. The van der Waals surface area contributed by atoms with Crippen molar-refractivity contribution in [2.45, 2.75) is 18.6 Å². The van der Waals surface area contributed by atoms with Crippen LogP contribution in [0.3, 0.4) is 0 Å². The van der Waals surface area contributed by atoms with Crippen LogP contribution in [0.25, 0.3) is 0 Å². The summed E-state index contributed by atoms with van der Waals surface area (Å²) in [6, 6.07) is 1.61. The molecule has 2 rings (SSSR count). The second kappa shape index (κ2) is 5.55. The van der Waals surface area contributed by atoms with Crippen molar-refractivity contribution in [3.63, 3.8) is 0 Å². The summed E-state index contributed by atoms with van der Waals surface area (Å²) in [5, 5.41) is 19.6. The molecule has 0 aliphatic carbocycles. The Morgan fingerprint density at radius 3 is 2.75 bits per heavy atom. The number of rotatable bonds is 4. The van der Waals surface area contributed by atoms with E-state index in [1.807, 2.05) is 0 Å². The van der Waals surface area contributed by atoms with E-state index >= 15 is 0 Å². The van der Waals surface area contributed by atoms with E-state index in [2.05, 4.69) is 0 Å². The van der Waals surface area contributed by atoms with E-state index in [-0.39, 0.29) is 28.9 Å². The van der Waals surface area contributed by atoms with Crippen LogP contribution in [0.4, 0.5) is 5.00 Å². The van der Waals surface area contributed by atoms with Gasteiger partial charge in [0.1, 0.15) is 6.04 Å². The summed E-state index contributed by atoms with van der Waals surface area (Å²) in [7, 11) is 1.45. The van der Waals surface area contributed by atoms with Gasteiger partial charge in [-0.05, 0) is 6.07 Å². The van der Waals surface area contributed by atoms with Gasteiger partial charge in [0.15, 0.2) is 0 Å². The van der Waals surface area contributed by atoms with Gasteiger partial charge in [-0.2, -0.15) is 0 Å². The van der Waals surface area contributed by atoms with Crippen molar-refractivity contribution >= 4 is 28.2 Å². The topological polar surface area (TPSA) is 110 Å². The zero-order chi connectivity index (χ0) is 14.9. The predicted octanol–water partition coefficient (Wildman–Crippen LogP) is 0.970. The highest BCUT2D eigenvalue weighted by Gasteiger charge is 2.40. The van der Waals surface area contributed by atoms with E-state index in [4.69, 9.17) is 9.84 Å². The summed E-state index contributed by atoms with van der Waals surface area (Å²) in [4.78, 5) is 34.8. The number of aliphatic carboxylic acids is 1. The standard InChI is InChI=1S/C11H12N2O6S/c1-19-6-4-7(11(15)16)12(5-6)10(14)8-2-3-9(20-8)13(17)18/h2-3,6-7H,4-5H2,1H3,(H,15,16). The van der Waals surface area contributed by atoms with E-state index in [9.17, 15) is 19.7 Å². The lowest BCUT2D eigenvalue weighted by atomic mass is 10.2. The third-order valence-electron chi connectivity index (χ3n) is 3.12. The van der Waals surface area contributed by atoms with Crippen LogP contribution in [-0.4, -0.2) is 52.6 Å². The van der Waals surface area contributed by atoms with Gasteiger partial charge in [0.25, 0.3) is 5.91 Å². The van der Waals surface area contributed by atoms with Gasteiger partial charge in [0.05, 0.1) is 15.9 Å². The first-order chi connectivity index (χ1) is 9.43. The number of carboxylic acid groups (broad SMARTS) is 1. The van der Waals surface area contributed by atoms with E-state index in [1.165, 1.54) is 24.1 Å². The number of amides is 1. The number of hydrogen-bond donors (Lipinski definition) is 1. The molecule has 1 amide bonds. The number of nitrogens with zero attached hydrogens (tertiary/aromatic N) is 2. The highest BCUT2D eigenvalue weighted by atomic mass is 32.1. The molecule has 1 fully saturated rings. The summed E-state index contributed by atoms with van der Waals surface area (Å²) >= 11 is 0.734. The average molecular weight is 300 g/mol. The van der Waals surface area contributed by atoms with Gasteiger partial charge >= 0.3 is 11.0 Å². The first-order valence-electron chi connectivity index (χ1n) is 5.74. The van der Waals surface area contributed by atoms with Crippen LogP contribution < -0.4 is 0 Å². The first-order valence-corrected chi connectivity index (χ1v) is 6.56. The Morgan fingerprint density at radius 1 is 1.55 bits per heavy atom. The number of methoxy groups -OCH3 is 1. The molecule has 1 saturated heterocycles. The van der Waals surface area contributed by atoms with Crippen molar-refractivity contribution < 1.29 is 24.4 Å². The molecular weight excluding hydrogens is 288 g/mol. The number of carboxylic acids is 1. The van der Waals surface area contributed by atoms with Crippen LogP contribution in [0.15, 0.2) is 12.1 Å². The first kappa shape index (κ1) is 14.4. The number of hydrogen-bond acceptors (Lipinski definition) is 6. The summed E-state index contributed by atoms with van der Waals surface area (Å²) in [5.74, 6) is -1.63. The molecule has 1 aliphatic heterocycles. The van der Waals surface area contributed by atoms with Crippen LogP contribution in [0.5, 0.6) is 0 Å². The van der Waals surface area contributed by atoms with Crippen molar-refractivity contribution in [2.24, 2.45) is 0 Å². The van der Waals surface area contributed by atoms with Crippen molar-refractivity contribution in [2.75, 3.05) is 13.7 Å². The number of likely N-dealkylation sites (tertiary alicyclic amines) is 1. The molecule has 1 aromatic rings. The van der Waals surface area contributed by atoms with Gasteiger partial charge in [0, 0.05) is 26.1 Å². The van der Waals surface area contributed by atoms with Crippen LogP contribution in [0, 0.1) is 10.1 Å². The minimum absolute atomic E-state index is 0.150. The summed E-state index contributed by atoms with van der Waals surface area (Å²) in [6.45, 7) is 0.165. The van der Waals surface area contributed by atoms with Crippen LogP contribution >= 0.6 is 11.3 Å². The van der Waals surface area contributed by atoms with E-state index in [1.54, 1.807) is 0 Å². The highest BCUT2D eigenvalue weighted by molar-refractivity contribution is 7.17. The summed E-state index contributed by atoms with van der Waals surface area (Å²) < 4.78 is 5.09. The number of carbonyl (C=O) groups excluding carboxylic acids is 1. The van der Waals surface area contributed by atoms with Crippen molar-refractivity contribution in [3.05, 3.63) is 27.1 Å². The van der Waals surface area contributed by atoms with Gasteiger partial charge in [-0.3, -0.25) is 14.9 Å². The maximum absolute atomic E-state index is 12.3. The third kappa shape index (κ3) is 2.63. The molecule has 0 radical (unpaired) electrons. The Morgan fingerprint density at radius 2 is 2.25 bits per heavy atom. The molecule has 0 bridgehead atoms.